The standard InChI is InChI=1S/C7H7F3OS/c1-4-2-3-12-5(4)6(11)7(8,9)10/h2-3,6,11H,1H3/t6-/m0/s1. The van der Waals surface area contributed by atoms with Crippen LogP contribution in [0.1, 0.15) is 16.5 Å². The van der Waals surface area contributed by atoms with Crippen molar-refractivity contribution in [1.82, 2.24) is 0 Å². The van der Waals surface area contributed by atoms with Gasteiger partial charge in [-0.3, -0.25) is 0 Å². The molecule has 1 aromatic heterocycles. The van der Waals surface area contributed by atoms with E-state index in [2.05, 4.69) is 0 Å². The van der Waals surface area contributed by atoms with Crippen LogP contribution in [0.2, 0.25) is 0 Å². The summed E-state index contributed by atoms with van der Waals surface area (Å²) in [6.07, 6.45) is -6.90. The minimum absolute atomic E-state index is 0.0255. The highest BCUT2D eigenvalue weighted by molar-refractivity contribution is 7.10. The Morgan fingerprint density at radius 2 is 2.08 bits per heavy atom. The molecule has 1 rings (SSSR count). The molecular weight excluding hydrogens is 189 g/mol. The molecule has 12 heavy (non-hydrogen) atoms. The van der Waals surface area contributed by atoms with Crippen LogP contribution in [-0.4, -0.2) is 11.3 Å². The van der Waals surface area contributed by atoms with Crippen molar-refractivity contribution in [1.29, 1.82) is 0 Å². The molecule has 1 heterocycles. The van der Waals surface area contributed by atoms with Crippen LogP contribution in [-0.2, 0) is 0 Å². The molecule has 1 nitrogen and oxygen atoms in total. The Balaban J connectivity index is 2.92. The number of halogens is 3. The summed E-state index contributed by atoms with van der Waals surface area (Å²) in [7, 11) is 0. The van der Waals surface area contributed by atoms with Crippen molar-refractivity contribution < 1.29 is 18.3 Å². The SMILES string of the molecule is Cc1ccsc1[C@H](O)C(F)(F)F. The number of alkyl halides is 3. The van der Waals surface area contributed by atoms with Crippen molar-refractivity contribution in [2.45, 2.75) is 19.2 Å². The molecule has 1 aromatic rings. The third-order valence-corrected chi connectivity index (χ3v) is 2.53. The van der Waals surface area contributed by atoms with E-state index in [1.165, 1.54) is 5.38 Å². The van der Waals surface area contributed by atoms with Gasteiger partial charge in [0.1, 0.15) is 0 Å². The lowest BCUT2D eigenvalue weighted by molar-refractivity contribution is -0.205. The van der Waals surface area contributed by atoms with Crippen molar-refractivity contribution >= 4 is 11.3 Å². The summed E-state index contributed by atoms with van der Waals surface area (Å²) in [5.41, 5.74) is 0.477. The molecule has 0 aliphatic carbocycles. The van der Waals surface area contributed by atoms with Gasteiger partial charge in [-0.2, -0.15) is 13.2 Å². The van der Waals surface area contributed by atoms with Crippen molar-refractivity contribution in [3.05, 3.63) is 21.9 Å². The molecule has 0 saturated carbocycles. The van der Waals surface area contributed by atoms with Crippen LogP contribution in [0.25, 0.3) is 0 Å². The topological polar surface area (TPSA) is 20.2 Å². The molecular formula is C7H7F3OS. The zero-order valence-corrected chi connectivity index (χ0v) is 7.04. The van der Waals surface area contributed by atoms with E-state index in [1.54, 1.807) is 13.0 Å². The van der Waals surface area contributed by atoms with Gasteiger partial charge < -0.3 is 5.11 Å². The second kappa shape index (κ2) is 3.06. The number of hydrogen-bond acceptors (Lipinski definition) is 2. The fraction of sp³-hybridized carbons (Fsp3) is 0.429. The number of aryl methyl sites for hydroxylation is 1. The second-order valence-corrected chi connectivity index (χ2v) is 3.36. The van der Waals surface area contributed by atoms with Crippen LogP contribution >= 0.6 is 11.3 Å². The summed E-state index contributed by atoms with van der Waals surface area (Å²) in [5, 5.41) is 10.3. The zero-order valence-electron chi connectivity index (χ0n) is 6.22. The third kappa shape index (κ3) is 1.78. The van der Waals surface area contributed by atoms with E-state index in [9.17, 15) is 13.2 Å². The first-order chi connectivity index (χ1) is 5.43. The van der Waals surface area contributed by atoms with E-state index >= 15 is 0 Å². The van der Waals surface area contributed by atoms with Crippen LogP contribution in [0.4, 0.5) is 13.2 Å². The average Bonchev–Trinajstić information content (AvgIpc) is 2.31. The first kappa shape index (κ1) is 9.54. The van der Waals surface area contributed by atoms with Gasteiger partial charge >= 0.3 is 6.18 Å². The van der Waals surface area contributed by atoms with Crippen LogP contribution in [0.5, 0.6) is 0 Å². The van der Waals surface area contributed by atoms with Gasteiger partial charge in [0, 0.05) is 4.88 Å². The molecule has 0 aromatic carbocycles. The van der Waals surface area contributed by atoms with Crippen LogP contribution < -0.4 is 0 Å². The van der Waals surface area contributed by atoms with E-state index in [1.807, 2.05) is 0 Å². The van der Waals surface area contributed by atoms with E-state index in [-0.39, 0.29) is 4.88 Å². The maximum absolute atomic E-state index is 11.9. The number of rotatable bonds is 1. The summed E-state index contributed by atoms with van der Waals surface area (Å²) in [6.45, 7) is 1.54. The highest BCUT2D eigenvalue weighted by Gasteiger charge is 2.40. The molecule has 1 atom stereocenters. The predicted octanol–water partition coefficient (Wildman–Crippen LogP) is 2.65. The molecule has 0 aliphatic heterocycles. The average molecular weight is 196 g/mol. The minimum Gasteiger partial charge on any atom is -0.379 e. The number of aliphatic hydroxyl groups excluding tert-OH is 1. The Morgan fingerprint density at radius 3 is 2.42 bits per heavy atom. The Labute approximate surface area is 71.5 Å². The molecule has 0 bridgehead atoms. The largest absolute Gasteiger partial charge is 0.419 e. The predicted molar refractivity (Wildman–Crippen MR) is 40.1 cm³/mol. The number of thiophene rings is 1. The lowest BCUT2D eigenvalue weighted by atomic mass is 10.2. The van der Waals surface area contributed by atoms with Gasteiger partial charge in [0.2, 0.25) is 0 Å². The first-order valence-electron chi connectivity index (χ1n) is 3.21. The van der Waals surface area contributed by atoms with Crippen molar-refractivity contribution in [2.24, 2.45) is 0 Å². The minimum atomic E-state index is -4.56. The Kier molecular flexibility index (Phi) is 2.44. The summed E-state index contributed by atoms with van der Waals surface area (Å²) in [6, 6.07) is 1.55. The van der Waals surface area contributed by atoms with Crippen molar-refractivity contribution in [2.75, 3.05) is 0 Å². The Morgan fingerprint density at radius 1 is 1.50 bits per heavy atom. The Hall–Kier alpha value is -0.550. The van der Waals surface area contributed by atoms with Gasteiger partial charge in [-0.05, 0) is 23.9 Å². The van der Waals surface area contributed by atoms with Gasteiger partial charge in [0.25, 0.3) is 0 Å². The number of aliphatic hydroxyl groups is 1. The lowest BCUT2D eigenvalue weighted by Crippen LogP contribution is -2.19. The van der Waals surface area contributed by atoms with Crippen molar-refractivity contribution in [3.8, 4) is 0 Å². The Bertz CT molecular complexity index is 266. The molecule has 0 fully saturated rings. The molecule has 68 valence electrons. The summed E-state index contributed by atoms with van der Waals surface area (Å²) in [5.74, 6) is 0. The number of hydrogen-bond donors (Lipinski definition) is 1. The van der Waals surface area contributed by atoms with E-state index < -0.39 is 12.3 Å². The van der Waals surface area contributed by atoms with E-state index in [0.717, 1.165) is 11.3 Å². The van der Waals surface area contributed by atoms with Gasteiger partial charge in [0.15, 0.2) is 6.10 Å². The fourth-order valence-electron chi connectivity index (χ4n) is 0.813. The summed E-state index contributed by atoms with van der Waals surface area (Å²) < 4.78 is 35.8. The smallest absolute Gasteiger partial charge is 0.379 e. The molecule has 0 saturated heterocycles. The van der Waals surface area contributed by atoms with E-state index in [0.29, 0.717) is 5.56 Å². The van der Waals surface area contributed by atoms with Gasteiger partial charge in [-0.1, -0.05) is 0 Å². The molecule has 0 aliphatic rings. The fourth-order valence-corrected chi connectivity index (χ4v) is 1.75. The van der Waals surface area contributed by atoms with Gasteiger partial charge in [0.05, 0.1) is 0 Å². The monoisotopic (exact) mass is 196 g/mol. The van der Waals surface area contributed by atoms with Gasteiger partial charge in [-0.15, -0.1) is 11.3 Å². The van der Waals surface area contributed by atoms with Crippen LogP contribution in [0, 0.1) is 6.92 Å². The summed E-state index contributed by atoms with van der Waals surface area (Å²) in [4.78, 5) is -0.0255. The molecule has 0 unspecified atom stereocenters. The highest BCUT2D eigenvalue weighted by Crippen LogP contribution is 2.36. The van der Waals surface area contributed by atoms with Gasteiger partial charge in [-0.25, -0.2) is 0 Å². The third-order valence-electron chi connectivity index (χ3n) is 1.46. The maximum atomic E-state index is 11.9. The van der Waals surface area contributed by atoms with Crippen molar-refractivity contribution in [3.63, 3.8) is 0 Å². The maximum Gasteiger partial charge on any atom is 0.419 e. The molecule has 0 spiro atoms. The molecule has 0 amide bonds. The quantitative estimate of drug-likeness (QED) is 0.732. The van der Waals surface area contributed by atoms with Crippen LogP contribution in [0.3, 0.4) is 0 Å². The molecule has 1 N–H and O–H groups in total. The highest BCUT2D eigenvalue weighted by atomic mass is 32.1. The second-order valence-electron chi connectivity index (χ2n) is 2.41. The zero-order chi connectivity index (χ0) is 9.35. The van der Waals surface area contributed by atoms with Crippen LogP contribution in [0.15, 0.2) is 11.4 Å². The molecule has 0 radical (unpaired) electrons. The molecule has 5 heteroatoms. The lowest BCUT2D eigenvalue weighted by Gasteiger charge is -2.13. The van der Waals surface area contributed by atoms with E-state index in [4.69, 9.17) is 5.11 Å². The first-order valence-corrected chi connectivity index (χ1v) is 4.09. The summed E-state index contributed by atoms with van der Waals surface area (Å²) >= 11 is 0.915. The normalized spacial score (nSPS) is 14.8.